The quantitative estimate of drug-likeness (QED) is 0.598. The molecule has 148 valence electrons. The van der Waals surface area contributed by atoms with Crippen molar-refractivity contribution in [2.75, 3.05) is 27.8 Å². The van der Waals surface area contributed by atoms with Crippen LogP contribution in [0.2, 0.25) is 0 Å². The SMILES string of the molecule is CCOc1ccc(-c2nnc(-c3cccc(S(=O)(=O)N(C)C)c3)o2)cc1OC. The van der Waals surface area contributed by atoms with E-state index in [0.717, 1.165) is 4.31 Å². The first-order valence-electron chi connectivity index (χ1n) is 8.54. The number of sulfonamides is 1. The highest BCUT2D eigenvalue weighted by atomic mass is 32.2. The van der Waals surface area contributed by atoms with E-state index in [1.54, 1.807) is 37.4 Å². The number of methoxy groups -OCH3 is 1. The van der Waals surface area contributed by atoms with Crippen LogP contribution in [0, 0.1) is 0 Å². The standard InChI is InChI=1S/C19H21N3O5S/c1-5-26-16-10-9-14(12-17(16)25-4)19-21-20-18(27-19)13-7-6-8-15(11-13)28(23,24)22(2)3/h6-12H,5H2,1-4H3. The zero-order valence-electron chi connectivity index (χ0n) is 16.0. The van der Waals surface area contributed by atoms with Gasteiger partial charge in [0.25, 0.3) is 0 Å². The summed E-state index contributed by atoms with van der Waals surface area (Å²) >= 11 is 0. The van der Waals surface area contributed by atoms with Crippen molar-refractivity contribution in [3.05, 3.63) is 42.5 Å². The molecule has 28 heavy (non-hydrogen) atoms. The Bertz CT molecular complexity index is 1080. The fraction of sp³-hybridized carbons (Fsp3) is 0.263. The molecule has 0 saturated heterocycles. The van der Waals surface area contributed by atoms with Crippen LogP contribution in [0.1, 0.15) is 6.92 Å². The van der Waals surface area contributed by atoms with Gasteiger partial charge in [0.15, 0.2) is 11.5 Å². The van der Waals surface area contributed by atoms with Crippen LogP contribution in [0.15, 0.2) is 51.8 Å². The van der Waals surface area contributed by atoms with E-state index in [2.05, 4.69) is 10.2 Å². The van der Waals surface area contributed by atoms with Gasteiger partial charge in [0, 0.05) is 25.2 Å². The molecule has 0 aliphatic carbocycles. The average Bonchev–Trinajstić information content (AvgIpc) is 3.19. The van der Waals surface area contributed by atoms with Gasteiger partial charge in [-0.15, -0.1) is 10.2 Å². The molecule has 2 aromatic carbocycles. The molecule has 0 unspecified atom stereocenters. The largest absolute Gasteiger partial charge is 0.493 e. The molecule has 0 bridgehead atoms. The Labute approximate surface area is 163 Å². The summed E-state index contributed by atoms with van der Waals surface area (Å²) in [5.74, 6) is 1.68. The maximum atomic E-state index is 12.3. The first-order chi connectivity index (χ1) is 13.4. The van der Waals surface area contributed by atoms with Gasteiger partial charge in [-0.25, -0.2) is 12.7 Å². The number of aromatic nitrogens is 2. The molecule has 0 radical (unpaired) electrons. The van der Waals surface area contributed by atoms with Crippen LogP contribution in [0.5, 0.6) is 11.5 Å². The van der Waals surface area contributed by atoms with Crippen molar-refractivity contribution in [3.63, 3.8) is 0 Å². The lowest BCUT2D eigenvalue weighted by atomic mass is 10.2. The second-order valence-corrected chi connectivity index (χ2v) is 8.18. The molecular weight excluding hydrogens is 382 g/mol. The van der Waals surface area contributed by atoms with Crippen LogP contribution in [0.25, 0.3) is 22.9 Å². The van der Waals surface area contributed by atoms with Crippen LogP contribution in [0.4, 0.5) is 0 Å². The molecule has 8 nitrogen and oxygen atoms in total. The zero-order chi connectivity index (χ0) is 20.3. The predicted octanol–water partition coefficient (Wildman–Crippen LogP) is 3.06. The molecule has 3 rings (SSSR count). The van der Waals surface area contributed by atoms with E-state index in [4.69, 9.17) is 13.9 Å². The summed E-state index contributed by atoms with van der Waals surface area (Å²) in [6.07, 6.45) is 0. The van der Waals surface area contributed by atoms with Gasteiger partial charge >= 0.3 is 0 Å². The molecule has 0 saturated carbocycles. The number of benzene rings is 2. The third kappa shape index (κ3) is 3.85. The summed E-state index contributed by atoms with van der Waals surface area (Å²) in [4.78, 5) is 0.150. The molecular formula is C19H21N3O5S. The molecule has 1 aromatic heterocycles. The van der Waals surface area contributed by atoms with Crippen molar-refractivity contribution >= 4 is 10.0 Å². The van der Waals surface area contributed by atoms with Crippen LogP contribution < -0.4 is 9.47 Å². The Morgan fingerprint density at radius 1 is 1.00 bits per heavy atom. The number of hydrogen-bond acceptors (Lipinski definition) is 7. The summed E-state index contributed by atoms with van der Waals surface area (Å²) in [5.41, 5.74) is 1.18. The minimum Gasteiger partial charge on any atom is -0.493 e. The van der Waals surface area contributed by atoms with Gasteiger partial charge < -0.3 is 13.9 Å². The van der Waals surface area contributed by atoms with Crippen molar-refractivity contribution in [2.45, 2.75) is 11.8 Å². The molecule has 0 N–H and O–H groups in total. The van der Waals surface area contributed by atoms with Crippen molar-refractivity contribution in [2.24, 2.45) is 0 Å². The molecule has 0 atom stereocenters. The summed E-state index contributed by atoms with van der Waals surface area (Å²) in [6, 6.07) is 11.7. The van der Waals surface area contributed by atoms with Gasteiger partial charge in [-0.05, 0) is 43.3 Å². The van der Waals surface area contributed by atoms with Crippen LogP contribution >= 0.6 is 0 Å². The predicted molar refractivity (Wildman–Crippen MR) is 104 cm³/mol. The normalized spacial score (nSPS) is 11.6. The molecule has 0 aliphatic rings. The highest BCUT2D eigenvalue weighted by molar-refractivity contribution is 7.89. The van der Waals surface area contributed by atoms with Crippen LogP contribution in [-0.4, -0.2) is 50.7 Å². The number of hydrogen-bond donors (Lipinski definition) is 0. The van der Waals surface area contributed by atoms with E-state index in [1.807, 2.05) is 6.92 Å². The number of ether oxygens (including phenoxy) is 2. The molecule has 3 aromatic rings. The Kier molecular flexibility index (Phi) is 5.66. The molecule has 0 spiro atoms. The maximum Gasteiger partial charge on any atom is 0.248 e. The highest BCUT2D eigenvalue weighted by Gasteiger charge is 2.19. The molecule has 0 fully saturated rings. The minimum absolute atomic E-state index is 0.150. The first-order valence-corrected chi connectivity index (χ1v) is 9.98. The zero-order valence-corrected chi connectivity index (χ0v) is 16.9. The summed E-state index contributed by atoms with van der Waals surface area (Å²) in [5, 5.41) is 8.12. The second kappa shape index (κ2) is 7.99. The van der Waals surface area contributed by atoms with E-state index in [-0.39, 0.29) is 16.7 Å². The molecule has 1 heterocycles. The smallest absolute Gasteiger partial charge is 0.248 e. The lowest BCUT2D eigenvalue weighted by Crippen LogP contribution is -2.22. The Morgan fingerprint density at radius 3 is 2.29 bits per heavy atom. The van der Waals surface area contributed by atoms with E-state index in [9.17, 15) is 8.42 Å². The van der Waals surface area contributed by atoms with Gasteiger partial charge in [-0.3, -0.25) is 0 Å². The Morgan fingerprint density at radius 2 is 1.68 bits per heavy atom. The third-order valence-corrected chi connectivity index (χ3v) is 5.81. The average molecular weight is 403 g/mol. The second-order valence-electron chi connectivity index (χ2n) is 6.03. The molecule has 0 amide bonds. The highest BCUT2D eigenvalue weighted by Crippen LogP contribution is 2.33. The monoisotopic (exact) mass is 403 g/mol. The Balaban J connectivity index is 1.95. The van der Waals surface area contributed by atoms with Gasteiger partial charge in [0.2, 0.25) is 21.8 Å². The van der Waals surface area contributed by atoms with E-state index in [1.165, 1.54) is 26.2 Å². The number of nitrogens with zero attached hydrogens (tertiary/aromatic N) is 3. The minimum atomic E-state index is -3.56. The van der Waals surface area contributed by atoms with Crippen molar-refractivity contribution in [1.29, 1.82) is 0 Å². The molecule has 0 aliphatic heterocycles. The topological polar surface area (TPSA) is 94.8 Å². The van der Waals surface area contributed by atoms with Crippen LogP contribution in [0.3, 0.4) is 0 Å². The van der Waals surface area contributed by atoms with Gasteiger partial charge in [-0.2, -0.15) is 0 Å². The van der Waals surface area contributed by atoms with Crippen LogP contribution in [-0.2, 0) is 10.0 Å². The van der Waals surface area contributed by atoms with E-state index >= 15 is 0 Å². The van der Waals surface area contributed by atoms with E-state index < -0.39 is 10.0 Å². The van der Waals surface area contributed by atoms with Gasteiger partial charge in [-0.1, -0.05) is 6.07 Å². The lowest BCUT2D eigenvalue weighted by molar-refractivity contribution is 0.311. The fourth-order valence-corrected chi connectivity index (χ4v) is 3.48. The van der Waals surface area contributed by atoms with Crippen molar-refractivity contribution in [3.8, 4) is 34.4 Å². The maximum absolute atomic E-state index is 12.3. The summed E-state index contributed by atoms with van der Waals surface area (Å²) in [7, 11) is 0.951. The molecule has 9 heteroatoms. The van der Waals surface area contributed by atoms with Crippen molar-refractivity contribution < 1.29 is 22.3 Å². The number of rotatable bonds is 7. The lowest BCUT2D eigenvalue weighted by Gasteiger charge is -2.11. The van der Waals surface area contributed by atoms with Gasteiger partial charge in [0.1, 0.15) is 0 Å². The first kappa shape index (κ1) is 19.8. The summed E-state index contributed by atoms with van der Waals surface area (Å²) < 4.78 is 42.4. The Hall–Kier alpha value is -2.91. The van der Waals surface area contributed by atoms with Gasteiger partial charge in [0.05, 0.1) is 18.6 Å². The summed E-state index contributed by atoms with van der Waals surface area (Å²) in [6.45, 7) is 2.41. The third-order valence-electron chi connectivity index (χ3n) is 3.99. The van der Waals surface area contributed by atoms with Crippen molar-refractivity contribution in [1.82, 2.24) is 14.5 Å². The van der Waals surface area contributed by atoms with E-state index in [0.29, 0.717) is 29.2 Å². The fourth-order valence-electron chi connectivity index (χ4n) is 2.53.